The van der Waals surface area contributed by atoms with Crippen molar-refractivity contribution in [2.75, 3.05) is 0 Å². The fourth-order valence-corrected chi connectivity index (χ4v) is 2.59. The minimum atomic E-state index is 0.571. The first-order valence-corrected chi connectivity index (χ1v) is 7.24. The van der Waals surface area contributed by atoms with Crippen LogP contribution in [0, 0.1) is 6.92 Å². The van der Waals surface area contributed by atoms with E-state index in [9.17, 15) is 0 Å². The second kappa shape index (κ2) is 5.84. The van der Waals surface area contributed by atoms with Gasteiger partial charge in [0.05, 0.1) is 5.69 Å². The van der Waals surface area contributed by atoms with Gasteiger partial charge in [0.1, 0.15) is 0 Å². The lowest BCUT2D eigenvalue weighted by molar-refractivity contribution is 1.18. The lowest BCUT2D eigenvalue weighted by Gasteiger charge is -2.05. The van der Waals surface area contributed by atoms with Gasteiger partial charge in [0, 0.05) is 27.4 Å². The Bertz CT molecular complexity index is 763. The Morgan fingerprint density at radius 2 is 1.48 bits per heavy atom. The first-order chi connectivity index (χ1) is 10.1. The Balaban J connectivity index is 2.05. The van der Waals surface area contributed by atoms with Crippen LogP contribution in [0.15, 0.2) is 54.7 Å². The van der Waals surface area contributed by atoms with Crippen LogP contribution in [0.2, 0.25) is 10.0 Å². The van der Waals surface area contributed by atoms with E-state index in [4.69, 9.17) is 23.2 Å². The molecule has 1 aromatic heterocycles. The highest BCUT2D eigenvalue weighted by atomic mass is 35.5. The van der Waals surface area contributed by atoms with Crippen LogP contribution in [0.25, 0.3) is 22.6 Å². The molecule has 0 saturated heterocycles. The van der Waals surface area contributed by atoms with Gasteiger partial charge >= 0.3 is 0 Å². The highest BCUT2D eigenvalue weighted by molar-refractivity contribution is 6.35. The molecule has 4 heteroatoms. The summed E-state index contributed by atoms with van der Waals surface area (Å²) in [6, 6.07) is 15.4. The first kappa shape index (κ1) is 14.1. The van der Waals surface area contributed by atoms with E-state index in [2.05, 4.69) is 29.0 Å². The molecule has 2 nitrogen and oxygen atoms in total. The number of nitrogens with zero attached hydrogens (tertiary/aromatic N) is 2. The average Bonchev–Trinajstić information content (AvgIpc) is 2.47. The van der Waals surface area contributed by atoms with Gasteiger partial charge < -0.3 is 0 Å². The molecule has 0 atom stereocenters. The van der Waals surface area contributed by atoms with Crippen LogP contribution < -0.4 is 0 Å². The fraction of sp³-hybridized carbons (Fsp3) is 0.0588. The molecule has 0 spiro atoms. The number of aromatic nitrogens is 2. The molecule has 0 saturated carbocycles. The third-order valence-corrected chi connectivity index (χ3v) is 3.56. The minimum absolute atomic E-state index is 0.571. The number of hydrogen-bond acceptors (Lipinski definition) is 2. The fourth-order valence-electron chi connectivity index (χ4n) is 2.07. The molecule has 0 N–H and O–H groups in total. The third-order valence-electron chi connectivity index (χ3n) is 3.12. The number of rotatable bonds is 2. The van der Waals surface area contributed by atoms with Crippen LogP contribution in [0.3, 0.4) is 0 Å². The molecule has 0 radical (unpaired) electrons. The highest BCUT2D eigenvalue weighted by Gasteiger charge is 2.06. The van der Waals surface area contributed by atoms with Crippen molar-refractivity contribution in [3.8, 4) is 22.6 Å². The summed E-state index contributed by atoms with van der Waals surface area (Å²) in [5, 5.41) is 1.14. The second-order valence-electron chi connectivity index (χ2n) is 4.79. The van der Waals surface area contributed by atoms with Gasteiger partial charge in [-0.15, -0.1) is 0 Å². The van der Waals surface area contributed by atoms with Gasteiger partial charge in [0.15, 0.2) is 5.82 Å². The maximum absolute atomic E-state index is 6.03. The zero-order valence-corrected chi connectivity index (χ0v) is 12.9. The topological polar surface area (TPSA) is 25.8 Å². The van der Waals surface area contributed by atoms with Gasteiger partial charge in [-0.25, -0.2) is 9.97 Å². The molecule has 21 heavy (non-hydrogen) atoms. The van der Waals surface area contributed by atoms with Crippen molar-refractivity contribution < 1.29 is 0 Å². The van der Waals surface area contributed by atoms with Crippen LogP contribution in [-0.2, 0) is 0 Å². The molecular weight excluding hydrogens is 303 g/mol. The molecule has 104 valence electrons. The van der Waals surface area contributed by atoms with Crippen LogP contribution in [0.4, 0.5) is 0 Å². The predicted octanol–water partition coefficient (Wildman–Crippen LogP) is 5.43. The van der Waals surface area contributed by atoms with Gasteiger partial charge in [-0.1, -0.05) is 53.0 Å². The number of hydrogen-bond donors (Lipinski definition) is 0. The average molecular weight is 315 g/mol. The second-order valence-corrected chi connectivity index (χ2v) is 5.66. The molecule has 0 aliphatic heterocycles. The van der Waals surface area contributed by atoms with Gasteiger partial charge in [-0.05, 0) is 31.2 Å². The number of benzene rings is 2. The van der Waals surface area contributed by atoms with E-state index in [0.29, 0.717) is 15.9 Å². The maximum Gasteiger partial charge on any atom is 0.159 e. The van der Waals surface area contributed by atoms with Crippen molar-refractivity contribution in [1.82, 2.24) is 9.97 Å². The highest BCUT2D eigenvalue weighted by Crippen LogP contribution is 2.26. The molecule has 0 amide bonds. The largest absolute Gasteiger partial charge is 0.237 e. The summed E-state index contributed by atoms with van der Waals surface area (Å²) in [5.41, 5.74) is 3.95. The van der Waals surface area contributed by atoms with Crippen LogP contribution >= 0.6 is 23.2 Å². The van der Waals surface area contributed by atoms with Crippen molar-refractivity contribution in [2.24, 2.45) is 0 Å². The summed E-state index contributed by atoms with van der Waals surface area (Å²) >= 11 is 12.1. The van der Waals surface area contributed by atoms with Crippen molar-refractivity contribution >= 4 is 23.2 Å². The third kappa shape index (κ3) is 3.23. The summed E-state index contributed by atoms with van der Waals surface area (Å²) in [5.74, 6) is 0.609. The van der Waals surface area contributed by atoms with Crippen LogP contribution in [-0.4, -0.2) is 9.97 Å². The summed E-state index contributed by atoms with van der Waals surface area (Å²) < 4.78 is 0. The lowest BCUT2D eigenvalue weighted by atomic mass is 10.1. The predicted molar refractivity (Wildman–Crippen MR) is 87.7 cm³/mol. The van der Waals surface area contributed by atoms with E-state index in [0.717, 1.165) is 16.8 Å². The molecule has 3 rings (SSSR count). The number of halogens is 2. The Labute approximate surface area is 133 Å². The van der Waals surface area contributed by atoms with E-state index < -0.39 is 0 Å². The molecule has 3 aromatic rings. The van der Waals surface area contributed by atoms with Crippen LogP contribution in [0.5, 0.6) is 0 Å². The van der Waals surface area contributed by atoms with E-state index in [1.165, 1.54) is 5.56 Å². The molecule has 0 aliphatic carbocycles. The van der Waals surface area contributed by atoms with E-state index >= 15 is 0 Å². The molecule has 0 bridgehead atoms. The van der Waals surface area contributed by atoms with Gasteiger partial charge in [0.2, 0.25) is 0 Å². The molecule has 0 fully saturated rings. The first-order valence-electron chi connectivity index (χ1n) is 6.48. The zero-order chi connectivity index (χ0) is 14.8. The Kier molecular flexibility index (Phi) is 3.91. The van der Waals surface area contributed by atoms with Crippen molar-refractivity contribution in [3.63, 3.8) is 0 Å². The van der Waals surface area contributed by atoms with Crippen molar-refractivity contribution in [1.29, 1.82) is 0 Å². The molecule has 0 unspecified atom stereocenters. The standard InChI is InChI=1S/C17H12Cl2N2/c1-11-2-4-12(5-3-11)16-6-7-20-17(21-16)13-8-14(18)10-15(19)9-13/h2-10H,1H3. The van der Waals surface area contributed by atoms with E-state index in [1.807, 2.05) is 30.3 Å². The maximum atomic E-state index is 6.03. The van der Waals surface area contributed by atoms with E-state index in [-0.39, 0.29) is 0 Å². The quantitative estimate of drug-likeness (QED) is 0.630. The smallest absolute Gasteiger partial charge is 0.159 e. The van der Waals surface area contributed by atoms with E-state index in [1.54, 1.807) is 12.3 Å². The monoisotopic (exact) mass is 314 g/mol. The minimum Gasteiger partial charge on any atom is -0.237 e. The molecule has 2 aromatic carbocycles. The van der Waals surface area contributed by atoms with Gasteiger partial charge in [-0.2, -0.15) is 0 Å². The Morgan fingerprint density at radius 3 is 2.14 bits per heavy atom. The van der Waals surface area contributed by atoms with Crippen molar-refractivity contribution in [3.05, 3.63) is 70.3 Å². The lowest BCUT2D eigenvalue weighted by Crippen LogP contribution is -1.91. The summed E-state index contributed by atoms with van der Waals surface area (Å²) in [7, 11) is 0. The van der Waals surface area contributed by atoms with Crippen LogP contribution in [0.1, 0.15) is 5.56 Å². The number of aryl methyl sites for hydroxylation is 1. The summed E-state index contributed by atoms with van der Waals surface area (Å²) in [6.45, 7) is 2.06. The Morgan fingerprint density at radius 1 is 0.810 bits per heavy atom. The summed E-state index contributed by atoms with van der Waals surface area (Å²) in [6.07, 6.45) is 1.74. The molecular formula is C17H12Cl2N2. The normalized spacial score (nSPS) is 10.6. The molecule has 1 heterocycles. The van der Waals surface area contributed by atoms with Crippen molar-refractivity contribution in [2.45, 2.75) is 6.92 Å². The van der Waals surface area contributed by atoms with Gasteiger partial charge in [-0.3, -0.25) is 0 Å². The SMILES string of the molecule is Cc1ccc(-c2ccnc(-c3cc(Cl)cc(Cl)c3)n2)cc1. The Hall–Kier alpha value is -1.90. The summed E-state index contributed by atoms with van der Waals surface area (Å²) in [4.78, 5) is 8.90. The zero-order valence-electron chi connectivity index (χ0n) is 11.3. The van der Waals surface area contributed by atoms with Gasteiger partial charge in [0.25, 0.3) is 0 Å². The molecule has 0 aliphatic rings.